The highest BCUT2D eigenvalue weighted by atomic mass is 32.2. The summed E-state index contributed by atoms with van der Waals surface area (Å²) >= 11 is 4.78. The van der Waals surface area contributed by atoms with Gasteiger partial charge in [0.05, 0.1) is 4.99 Å². The van der Waals surface area contributed by atoms with Gasteiger partial charge >= 0.3 is 0 Å². The Hall–Kier alpha value is -0.200. The fraction of sp³-hybridized carbons (Fsp3) is 0.909. The predicted octanol–water partition coefficient (Wildman–Crippen LogP) is 1.50. The van der Waals surface area contributed by atoms with Gasteiger partial charge in [-0.15, -0.1) is 0 Å². The maximum atomic E-state index is 12.2. The Kier molecular flexibility index (Phi) is 4.54. The molecular weight excluding hydrogens is 256 g/mol. The third-order valence-electron chi connectivity index (χ3n) is 3.99. The molecule has 0 aromatic heterocycles. The highest BCUT2D eigenvalue weighted by molar-refractivity contribution is 7.92. The Morgan fingerprint density at radius 1 is 1.47 bits per heavy atom. The van der Waals surface area contributed by atoms with Crippen molar-refractivity contribution < 1.29 is 8.42 Å². The maximum Gasteiger partial charge on any atom is 0.223 e. The monoisotopic (exact) mass is 278 g/mol. The van der Waals surface area contributed by atoms with Crippen LogP contribution in [0.2, 0.25) is 0 Å². The molecule has 0 radical (unpaired) electrons. The molecule has 0 bridgehead atoms. The van der Waals surface area contributed by atoms with E-state index < -0.39 is 15.3 Å². The van der Waals surface area contributed by atoms with Gasteiger partial charge in [0.1, 0.15) is 5.25 Å². The van der Waals surface area contributed by atoms with E-state index in [0.29, 0.717) is 13.1 Å². The van der Waals surface area contributed by atoms with Crippen LogP contribution in [0.3, 0.4) is 0 Å². The summed E-state index contributed by atoms with van der Waals surface area (Å²) in [7, 11) is -3.35. The van der Waals surface area contributed by atoms with Crippen molar-refractivity contribution in [2.75, 3.05) is 13.1 Å². The zero-order valence-electron chi connectivity index (χ0n) is 10.8. The van der Waals surface area contributed by atoms with Crippen LogP contribution in [-0.2, 0) is 10.0 Å². The summed E-state index contributed by atoms with van der Waals surface area (Å²) in [6.45, 7) is 7.10. The molecule has 1 atom stereocenters. The Balaban J connectivity index is 2.75. The van der Waals surface area contributed by atoms with Crippen LogP contribution < -0.4 is 5.73 Å². The number of thiocarbonyl (C=S) groups is 1. The first kappa shape index (κ1) is 14.9. The molecular formula is C11H22N2O2S2. The molecule has 1 aliphatic heterocycles. The molecule has 0 aliphatic carbocycles. The first-order valence-corrected chi connectivity index (χ1v) is 7.92. The number of rotatable bonds is 4. The predicted molar refractivity (Wildman–Crippen MR) is 74.4 cm³/mol. The van der Waals surface area contributed by atoms with Crippen LogP contribution in [0.1, 0.15) is 40.0 Å². The van der Waals surface area contributed by atoms with Crippen molar-refractivity contribution in [3.63, 3.8) is 0 Å². The van der Waals surface area contributed by atoms with Crippen LogP contribution in [0.15, 0.2) is 0 Å². The average molecular weight is 278 g/mol. The van der Waals surface area contributed by atoms with E-state index in [9.17, 15) is 8.42 Å². The molecule has 6 heteroatoms. The summed E-state index contributed by atoms with van der Waals surface area (Å²) in [4.78, 5) is 0.0498. The number of sulfonamides is 1. The van der Waals surface area contributed by atoms with Crippen LogP contribution in [0.4, 0.5) is 0 Å². The summed E-state index contributed by atoms with van der Waals surface area (Å²) < 4.78 is 25.9. The van der Waals surface area contributed by atoms with Gasteiger partial charge in [-0.3, -0.25) is 0 Å². The third kappa shape index (κ3) is 3.17. The molecule has 0 saturated carbocycles. The molecule has 1 fully saturated rings. The second-order valence-corrected chi connectivity index (χ2v) is 7.88. The highest BCUT2D eigenvalue weighted by Crippen LogP contribution is 2.35. The van der Waals surface area contributed by atoms with Crippen LogP contribution in [0, 0.1) is 5.41 Å². The van der Waals surface area contributed by atoms with Crippen molar-refractivity contribution in [2.45, 2.75) is 45.3 Å². The Morgan fingerprint density at radius 3 is 2.29 bits per heavy atom. The highest BCUT2D eigenvalue weighted by Gasteiger charge is 2.36. The fourth-order valence-electron chi connectivity index (χ4n) is 2.00. The Morgan fingerprint density at radius 2 is 1.94 bits per heavy atom. The number of nitrogens with two attached hydrogens (primary N) is 1. The molecule has 0 aromatic rings. The Labute approximate surface area is 110 Å². The van der Waals surface area contributed by atoms with Gasteiger partial charge in [-0.2, -0.15) is 0 Å². The number of hydrogen-bond donors (Lipinski definition) is 1. The van der Waals surface area contributed by atoms with Gasteiger partial charge in [-0.25, -0.2) is 12.7 Å². The smallest absolute Gasteiger partial charge is 0.223 e. The largest absolute Gasteiger partial charge is 0.392 e. The second kappa shape index (κ2) is 5.20. The zero-order valence-corrected chi connectivity index (χ0v) is 12.4. The lowest BCUT2D eigenvalue weighted by Crippen LogP contribution is -2.48. The van der Waals surface area contributed by atoms with Crippen LogP contribution >= 0.6 is 12.2 Å². The van der Waals surface area contributed by atoms with Crippen molar-refractivity contribution >= 4 is 27.2 Å². The van der Waals surface area contributed by atoms with Gasteiger partial charge in [0.15, 0.2) is 0 Å². The van der Waals surface area contributed by atoms with Gasteiger partial charge in [0.2, 0.25) is 10.0 Å². The number of hydrogen-bond acceptors (Lipinski definition) is 3. The van der Waals surface area contributed by atoms with Gasteiger partial charge < -0.3 is 5.73 Å². The van der Waals surface area contributed by atoms with Crippen molar-refractivity contribution in [1.82, 2.24) is 4.31 Å². The lowest BCUT2D eigenvalue weighted by molar-refractivity contribution is 0.168. The van der Waals surface area contributed by atoms with E-state index in [1.54, 1.807) is 6.92 Å². The summed E-state index contributed by atoms with van der Waals surface area (Å²) in [5.41, 5.74) is 5.71. The fourth-order valence-corrected chi connectivity index (χ4v) is 3.80. The molecule has 0 aromatic carbocycles. The lowest BCUT2D eigenvalue weighted by atomic mass is 9.79. The van der Waals surface area contributed by atoms with E-state index in [-0.39, 0.29) is 10.4 Å². The third-order valence-corrected chi connectivity index (χ3v) is 6.73. The van der Waals surface area contributed by atoms with Crippen LogP contribution in [0.25, 0.3) is 0 Å². The van der Waals surface area contributed by atoms with Gasteiger partial charge in [0.25, 0.3) is 0 Å². The molecule has 1 heterocycles. The maximum absolute atomic E-state index is 12.2. The minimum absolute atomic E-state index is 0.0498. The Bertz CT molecular complexity index is 384. The minimum atomic E-state index is -3.35. The molecule has 1 aliphatic rings. The van der Waals surface area contributed by atoms with Gasteiger partial charge in [0, 0.05) is 13.1 Å². The molecule has 17 heavy (non-hydrogen) atoms. The van der Waals surface area contributed by atoms with E-state index >= 15 is 0 Å². The number of piperidine rings is 1. The summed E-state index contributed by atoms with van der Waals surface area (Å²) in [5.74, 6) is 0. The minimum Gasteiger partial charge on any atom is -0.392 e. The van der Waals surface area contributed by atoms with E-state index in [0.717, 1.165) is 19.3 Å². The van der Waals surface area contributed by atoms with Crippen molar-refractivity contribution in [3.05, 3.63) is 0 Å². The summed E-state index contributed by atoms with van der Waals surface area (Å²) in [6, 6.07) is 0. The zero-order chi connectivity index (χ0) is 13.3. The summed E-state index contributed by atoms with van der Waals surface area (Å²) in [6.07, 6.45) is 2.91. The first-order valence-electron chi connectivity index (χ1n) is 6.01. The second-order valence-electron chi connectivity index (χ2n) is 5.15. The standard InChI is InChI=1S/C11H22N2O2S2/c1-4-11(3)5-7-13(8-6-11)17(14,15)9(2)10(12)16/h9H,4-8H2,1-3H3,(H2,12,16). The van der Waals surface area contributed by atoms with E-state index in [4.69, 9.17) is 18.0 Å². The van der Waals surface area contributed by atoms with Crippen LogP contribution in [-0.4, -0.2) is 36.1 Å². The van der Waals surface area contributed by atoms with E-state index in [1.165, 1.54) is 4.31 Å². The SMILES string of the molecule is CCC1(C)CCN(S(=O)(=O)C(C)C(N)=S)CC1. The van der Waals surface area contributed by atoms with Gasteiger partial charge in [-0.05, 0) is 25.2 Å². The van der Waals surface area contributed by atoms with E-state index in [2.05, 4.69) is 13.8 Å². The average Bonchev–Trinajstić information content (AvgIpc) is 2.28. The quantitative estimate of drug-likeness (QED) is 0.792. The molecule has 0 amide bonds. The van der Waals surface area contributed by atoms with E-state index in [1.807, 2.05) is 0 Å². The molecule has 2 N–H and O–H groups in total. The van der Waals surface area contributed by atoms with Crippen molar-refractivity contribution in [3.8, 4) is 0 Å². The molecule has 1 saturated heterocycles. The van der Waals surface area contributed by atoms with Gasteiger partial charge in [-0.1, -0.05) is 32.5 Å². The molecule has 0 spiro atoms. The molecule has 1 rings (SSSR count). The van der Waals surface area contributed by atoms with Crippen molar-refractivity contribution in [1.29, 1.82) is 0 Å². The molecule has 4 nitrogen and oxygen atoms in total. The lowest BCUT2D eigenvalue weighted by Gasteiger charge is -2.39. The van der Waals surface area contributed by atoms with Crippen molar-refractivity contribution in [2.24, 2.45) is 11.1 Å². The number of nitrogens with zero attached hydrogens (tertiary/aromatic N) is 1. The topological polar surface area (TPSA) is 63.4 Å². The van der Waals surface area contributed by atoms with Crippen LogP contribution in [0.5, 0.6) is 0 Å². The first-order chi connectivity index (χ1) is 7.73. The molecule has 1 unspecified atom stereocenters. The molecule has 100 valence electrons. The summed E-state index contributed by atoms with van der Waals surface area (Å²) in [5, 5.41) is -0.761. The normalized spacial score (nSPS) is 23.2.